The average molecular weight is 275 g/mol. The summed E-state index contributed by atoms with van der Waals surface area (Å²) < 4.78 is 0. The van der Waals surface area contributed by atoms with Crippen LogP contribution in [0.15, 0.2) is 36.4 Å². The standard InChI is InChI=1S/C14H13NO3S/c1-9-6-7-10(19-9)8-15-13(16)11-4-2-3-5-12(11)14(17)18/h2-7H,8H2,1H3,(H,15,16)(H,17,18). The van der Waals surface area contributed by atoms with Gasteiger partial charge in [0.1, 0.15) is 0 Å². The molecule has 5 heteroatoms. The highest BCUT2D eigenvalue weighted by atomic mass is 32.1. The van der Waals surface area contributed by atoms with Gasteiger partial charge in [-0.1, -0.05) is 12.1 Å². The predicted molar refractivity (Wildman–Crippen MR) is 73.6 cm³/mol. The summed E-state index contributed by atoms with van der Waals surface area (Å²) in [6, 6.07) is 10.1. The van der Waals surface area contributed by atoms with Crippen molar-refractivity contribution in [3.05, 3.63) is 57.3 Å². The molecule has 0 atom stereocenters. The summed E-state index contributed by atoms with van der Waals surface area (Å²) in [6.45, 7) is 2.40. The normalized spacial score (nSPS) is 10.2. The van der Waals surface area contributed by atoms with E-state index in [-0.39, 0.29) is 17.0 Å². The van der Waals surface area contributed by atoms with E-state index in [1.165, 1.54) is 17.0 Å². The summed E-state index contributed by atoms with van der Waals surface area (Å²) in [6.07, 6.45) is 0. The molecular formula is C14H13NO3S. The lowest BCUT2D eigenvalue weighted by molar-refractivity contribution is 0.0691. The number of nitrogens with one attached hydrogen (secondary N) is 1. The lowest BCUT2D eigenvalue weighted by Gasteiger charge is -2.06. The second-order valence-electron chi connectivity index (χ2n) is 4.05. The van der Waals surface area contributed by atoms with E-state index < -0.39 is 5.97 Å². The Morgan fingerprint density at radius 3 is 2.42 bits per heavy atom. The lowest BCUT2D eigenvalue weighted by Crippen LogP contribution is -2.24. The van der Waals surface area contributed by atoms with Crippen LogP contribution < -0.4 is 5.32 Å². The van der Waals surface area contributed by atoms with E-state index in [1.54, 1.807) is 23.5 Å². The van der Waals surface area contributed by atoms with Gasteiger partial charge in [0, 0.05) is 9.75 Å². The molecule has 2 aromatic rings. The fraction of sp³-hybridized carbons (Fsp3) is 0.143. The highest BCUT2D eigenvalue weighted by molar-refractivity contribution is 7.11. The van der Waals surface area contributed by atoms with Crippen molar-refractivity contribution in [2.75, 3.05) is 0 Å². The average Bonchev–Trinajstić information content (AvgIpc) is 2.81. The van der Waals surface area contributed by atoms with Gasteiger partial charge in [0.2, 0.25) is 0 Å². The Morgan fingerprint density at radius 2 is 1.84 bits per heavy atom. The third kappa shape index (κ3) is 3.20. The summed E-state index contributed by atoms with van der Waals surface area (Å²) in [5.41, 5.74) is 0.200. The first-order valence-corrected chi connectivity index (χ1v) is 6.55. The van der Waals surface area contributed by atoms with Crippen LogP contribution in [0.1, 0.15) is 30.5 Å². The molecule has 0 aliphatic rings. The van der Waals surface area contributed by atoms with E-state index in [2.05, 4.69) is 5.32 Å². The van der Waals surface area contributed by atoms with E-state index in [1.807, 2.05) is 19.1 Å². The smallest absolute Gasteiger partial charge is 0.336 e. The summed E-state index contributed by atoms with van der Waals surface area (Å²) in [5, 5.41) is 11.8. The van der Waals surface area contributed by atoms with Crippen molar-refractivity contribution in [2.45, 2.75) is 13.5 Å². The third-order valence-corrected chi connectivity index (χ3v) is 3.62. The molecule has 0 spiro atoms. The molecule has 2 N–H and O–H groups in total. The van der Waals surface area contributed by atoms with Gasteiger partial charge >= 0.3 is 5.97 Å². The highest BCUT2D eigenvalue weighted by Crippen LogP contribution is 2.15. The van der Waals surface area contributed by atoms with Crippen LogP contribution in [0.2, 0.25) is 0 Å². The molecule has 0 saturated carbocycles. The van der Waals surface area contributed by atoms with Crippen molar-refractivity contribution in [3.8, 4) is 0 Å². The SMILES string of the molecule is Cc1ccc(CNC(=O)c2ccccc2C(=O)O)s1. The van der Waals surface area contributed by atoms with Gasteiger partial charge in [0.15, 0.2) is 0 Å². The maximum Gasteiger partial charge on any atom is 0.336 e. The second-order valence-corrected chi connectivity index (χ2v) is 5.42. The molecule has 0 unspecified atom stereocenters. The zero-order valence-electron chi connectivity index (χ0n) is 10.3. The summed E-state index contributed by atoms with van der Waals surface area (Å²) in [7, 11) is 0. The third-order valence-electron chi connectivity index (χ3n) is 2.62. The first-order valence-electron chi connectivity index (χ1n) is 5.74. The number of hydrogen-bond acceptors (Lipinski definition) is 3. The Morgan fingerprint density at radius 1 is 1.16 bits per heavy atom. The Hall–Kier alpha value is -2.14. The van der Waals surface area contributed by atoms with E-state index in [9.17, 15) is 9.59 Å². The van der Waals surface area contributed by atoms with Crippen molar-refractivity contribution in [2.24, 2.45) is 0 Å². The van der Waals surface area contributed by atoms with Gasteiger partial charge in [-0.3, -0.25) is 4.79 Å². The summed E-state index contributed by atoms with van der Waals surface area (Å²) in [4.78, 5) is 25.2. The molecule has 1 aromatic carbocycles. The zero-order valence-corrected chi connectivity index (χ0v) is 11.2. The van der Waals surface area contributed by atoms with Gasteiger partial charge in [0.25, 0.3) is 5.91 Å². The van der Waals surface area contributed by atoms with E-state index in [0.717, 1.165) is 4.88 Å². The Labute approximate surface area is 114 Å². The topological polar surface area (TPSA) is 66.4 Å². The first kappa shape index (κ1) is 13.3. The molecule has 0 saturated heterocycles. The quantitative estimate of drug-likeness (QED) is 0.901. The molecule has 1 amide bonds. The number of carbonyl (C=O) groups is 2. The van der Waals surface area contributed by atoms with Crippen molar-refractivity contribution < 1.29 is 14.7 Å². The number of rotatable bonds is 4. The van der Waals surface area contributed by atoms with Crippen LogP contribution in [0.3, 0.4) is 0 Å². The predicted octanol–water partition coefficient (Wildman–Crippen LogP) is 2.68. The second kappa shape index (κ2) is 5.67. The minimum atomic E-state index is -1.10. The van der Waals surface area contributed by atoms with Gasteiger partial charge in [-0.25, -0.2) is 4.79 Å². The summed E-state index contributed by atoms with van der Waals surface area (Å²) in [5.74, 6) is -1.47. The van der Waals surface area contributed by atoms with Gasteiger partial charge in [0.05, 0.1) is 17.7 Å². The van der Waals surface area contributed by atoms with E-state index >= 15 is 0 Å². The van der Waals surface area contributed by atoms with Crippen LogP contribution in [0, 0.1) is 6.92 Å². The van der Waals surface area contributed by atoms with Crippen LogP contribution in [0.4, 0.5) is 0 Å². The Kier molecular flexibility index (Phi) is 3.97. The fourth-order valence-electron chi connectivity index (χ4n) is 1.71. The number of aryl methyl sites for hydroxylation is 1. The number of thiophene rings is 1. The van der Waals surface area contributed by atoms with Crippen LogP contribution >= 0.6 is 11.3 Å². The highest BCUT2D eigenvalue weighted by Gasteiger charge is 2.15. The maximum absolute atomic E-state index is 12.0. The van der Waals surface area contributed by atoms with E-state index in [0.29, 0.717) is 6.54 Å². The molecule has 0 radical (unpaired) electrons. The summed E-state index contributed by atoms with van der Waals surface area (Å²) >= 11 is 1.60. The molecule has 0 aliphatic heterocycles. The lowest BCUT2D eigenvalue weighted by atomic mass is 10.1. The molecule has 0 aliphatic carbocycles. The molecule has 1 aromatic heterocycles. The molecule has 0 bridgehead atoms. The van der Waals surface area contributed by atoms with Gasteiger partial charge in [-0.15, -0.1) is 11.3 Å². The van der Waals surface area contributed by atoms with Crippen LogP contribution in [-0.4, -0.2) is 17.0 Å². The van der Waals surface area contributed by atoms with Gasteiger partial charge in [-0.05, 0) is 31.2 Å². The van der Waals surface area contributed by atoms with Crippen LogP contribution in [-0.2, 0) is 6.54 Å². The molecule has 0 fully saturated rings. The molecular weight excluding hydrogens is 262 g/mol. The number of carbonyl (C=O) groups excluding carboxylic acids is 1. The minimum absolute atomic E-state index is 0.0161. The van der Waals surface area contributed by atoms with Gasteiger partial charge < -0.3 is 10.4 Å². The molecule has 1 heterocycles. The van der Waals surface area contributed by atoms with Crippen molar-refractivity contribution in [3.63, 3.8) is 0 Å². The largest absolute Gasteiger partial charge is 0.478 e. The van der Waals surface area contributed by atoms with Crippen LogP contribution in [0.25, 0.3) is 0 Å². The molecule has 98 valence electrons. The maximum atomic E-state index is 12.0. The van der Waals surface area contributed by atoms with Crippen molar-refractivity contribution >= 4 is 23.2 Å². The number of carboxylic acid groups (broad SMARTS) is 1. The number of carboxylic acids is 1. The van der Waals surface area contributed by atoms with Crippen molar-refractivity contribution in [1.29, 1.82) is 0 Å². The number of aromatic carboxylic acids is 1. The zero-order chi connectivity index (χ0) is 13.8. The monoisotopic (exact) mass is 275 g/mol. The van der Waals surface area contributed by atoms with Gasteiger partial charge in [-0.2, -0.15) is 0 Å². The number of benzene rings is 1. The minimum Gasteiger partial charge on any atom is -0.478 e. The number of amides is 1. The first-order chi connectivity index (χ1) is 9.08. The van der Waals surface area contributed by atoms with E-state index in [4.69, 9.17) is 5.11 Å². The Balaban J connectivity index is 2.10. The molecule has 2 rings (SSSR count). The van der Waals surface area contributed by atoms with Crippen molar-refractivity contribution in [1.82, 2.24) is 5.32 Å². The Bertz CT molecular complexity index is 619. The molecule has 19 heavy (non-hydrogen) atoms. The molecule has 4 nitrogen and oxygen atoms in total. The fourth-order valence-corrected chi connectivity index (χ4v) is 2.54. The van der Waals surface area contributed by atoms with Crippen LogP contribution in [0.5, 0.6) is 0 Å². The number of hydrogen-bond donors (Lipinski definition) is 2.